The molecular formula is C20H17FN2O3. The molecule has 26 heavy (non-hydrogen) atoms. The summed E-state index contributed by atoms with van der Waals surface area (Å²) in [6, 6.07) is 12.7. The largest absolute Gasteiger partial charge is 0.497 e. The monoisotopic (exact) mass is 352 g/mol. The third-order valence-electron chi connectivity index (χ3n) is 3.79. The number of carbonyl (C=O) groups excluding carboxylic acids is 1. The molecule has 1 N–H and O–H groups in total. The second-order valence-corrected chi connectivity index (χ2v) is 5.51. The lowest BCUT2D eigenvalue weighted by molar-refractivity contribution is 0.104. The summed E-state index contributed by atoms with van der Waals surface area (Å²) in [4.78, 5) is 12.1. The van der Waals surface area contributed by atoms with Crippen molar-refractivity contribution in [1.29, 1.82) is 0 Å². The number of ketones is 1. The summed E-state index contributed by atoms with van der Waals surface area (Å²) >= 11 is 0. The number of aromatic nitrogens is 2. The summed E-state index contributed by atoms with van der Waals surface area (Å²) in [5.74, 6) is 0.721. The Labute approximate surface area is 150 Å². The molecule has 0 fully saturated rings. The van der Waals surface area contributed by atoms with Gasteiger partial charge in [-0.1, -0.05) is 0 Å². The first-order valence-electron chi connectivity index (χ1n) is 7.86. The Bertz CT molecular complexity index is 924. The number of carbonyl (C=O) groups is 1. The van der Waals surface area contributed by atoms with E-state index in [9.17, 15) is 9.18 Å². The smallest absolute Gasteiger partial charge is 0.185 e. The third-order valence-corrected chi connectivity index (χ3v) is 3.79. The molecule has 0 aliphatic rings. The number of hydrogen-bond acceptors (Lipinski definition) is 4. The highest BCUT2D eigenvalue weighted by molar-refractivity contribution is 6.06. The van der Waals surface area contributed by atoms with Crippen molar-refractivity contribution in [3.8, 4) is 22.8 Å². The number of aromatic amines is 1. The van der Waals surface area contributed by atoms with Crippen LogP contribution in [0.3, 0.4) is 0 Å². The average Bonchev–Trinajstić information content (AvgIpc) is 3.15. The Hall–Kier alpha value is -3.41. The Balaban J connectivity index is 1.79. The van der Waals surface area contributed by atoms with E-state index < -0.39 is 0 Å². The minimum Gasteiger partial charge on any atom is -0.497 e. The molecular weight excluding hydrogens is 335 g/mol. The zero-order chi connectivity index (χ0) is 18.5. The fraction of sp³-hybridized carbons (Fsp3) is 0.100. The zero-order valence-corrected chi connectivity index (χ0v) is 14.3. The van der Waals surface area contributed by atoms with Crippen LogP contribution in [0.4, 0.5) is 4.39 Å². The van der Waals surface area contributed by atoms with Crippen LogP contribution in [0.5, 0.6) is 11.5 Å². The van der Waals surface area contributed by atoms with Gasteiger partial charge in [0.2, 0.25) is 0 Å². The number of nitrogens with zero attached hydrogens (tertiary/aromatic N) is 1. The van der Waals surface area contributed by atoms with Gasteiger partial charge in [-0.15, -0.1) is 0 Å². The van der Waals surface area contributed by atoms with Gasteiger partial charge in [-0.25, -0.2) is 4.39 Å². The van der Waals surface area contributed by atoms with Gasteiger partial charge in [0, 0.05) is 17.2 Å². The van der Waals surface area contributed by atoms with Crippen molar-refractivity contribution in [2.75, 3.05) is 14.2 Å². The van der Waals surface area contributed by atoms with Crippen molar-refractivity contribution in [2.45, 2.75) is 0 Å². The highest BCUT2D eigenvalue weighted by Crippen LogP contribution is 2.29. The minimum atomic E-state index is -0.377. The molecule has 6 heteroatoms. The van der Waals surface area contributed by atoms with Crippen molar-refractivity contribution in [2.24, 2.45) is 0 Å². The molecule has 5 nitrogen and oxygen atoms in total. The highest BCUT2D eigenvalue weighted by atomic mass is 19.1. The SMILES string of the molecule is COc1cc(OC)cc(-c2cc(/C=C/C(=O)c3ccc(F)cc3)[nH]n2)c1. The second kappa shape index (κ2) is 7.65. The van der Waals surface area contributed by atoms with E-state index in [1.54, 1.807) is 26.4 Å². The van der Waals surface area contributed by atoms with Crippen molar-refractivity contribution in [3.05, 3.63) is 71.7 Å². The van der Waals surface area contributed by atoms with E-state index >= 15 is 0 Å². The number of methoxy groups -OCH3 is 2. The summed E-state index contributed by atoms with van der Waals surface area (Å²) in [6.45, 7) is 0. The number of nitrogens with one attached hydrogen (secondary N) is 1. The number of rotatable bonds is 6. The average molecular weight is 352 g/mol. The number of H-pyrrole nitrogens is 1. The number of halogens is 1. The van der Waals surface area contributed by atoms with Gasteiger partial charge >= 0.3 is 0 Å². The molecule has 0 amide bonds. The second-order valence-electron chi connectivity index (χ2n) is 5.51. The lowest BCUT2D eigenvalue weighted by Gasteiger charge is -2.06. The van der Waals surface area contributed by atoms with Crippen LogP contribution in [-0.4, -0.2) is 30.2 Å². The topological polar surface area (TPSA) is 64.2 Å². The van der Waals surface area contributed by atoms with E-state index in [0.29, 0.717) is 28.5 Å². The molecule has 0 saturated heterocycles. The summed E-state index contributed by atoms with van der Waals surface area (Å²) in [6.07, 6.45) is 3.04. The first-order valence-corrected chi connectivity index (χ1v) is 7.86. The molecule has 0 saturated carbocycles. The van der Waals surface area contributed by atoms with Crippen LogP contribution in [0.15, 0.2) is 54.6 Å². The predicted octanol–water partition coefficient (Wildman–Crippen LogP) is 4.13. The molecule has 0 radical (unpaired) electrons. The van der Waals surface area contributed by atoms with Crippen molar-refractivity contribution >= 4 is 11.9 Å². The van der Waals surface area contributed by atoms with Crippen LogP contribution in [0.1, 0.15) is 16.1 Å². The molecule has 0 bridgehead atoms. The fourth-order valence-electron chi connectivity index (χ4n) is 2.40. The number of hydrogen-bond donors (Lipinski definition) is 1. The molecule has 0 unspecified atom stereocenters. The highest BCUT2D eigenvalue weighted by Gasteiger charge is 2.08. The maximum Gasteiger partial charge on any atom is 0.185 e. The third kappa shape index (κ3) is 3.97. The van der Waals surface area contributed by atoms with Crippen molar-refractivity contribution in [3.63, 3.8) is 0 Å². The van der Waals surface area contributed by atoms with Crippen LogP contribution in [0.25, 0.3) is 17.3 Å². The Morgan fingerprint density at radius 1 is 1.04 bits per heavy atom. The van der Waals surface area contributed by atoms with Crippen LogP contribution >= 0.6 is 0 Å². The van der Waals surface area contributed by atoms with E-state index in [0.717, 1.165) is 5.56 Å². The molecule has 2 aromatic carbocycles. The van der Waals surface area contributed by atoms with Crippen LogP contribution in [-0.2, 0) is 0 Å². The minimum absolute atomic E-state index is 0.218. The van der Waals surface area contributed by atoms with Crippen molar-refractivity contribution < 1.29 is 18.7 Å². The lowest BCUT2D eigenvalue weighted by Crippen LogP contribution is -1.93. The Morgan fingerprint density at radius 3 is 2.31 bits per heavy atom. The summed E-state index contributed by atoms with van der Waals surface area (Å²) in [5, 5.41) is 7.12. The summed E-state index contributed by atoms with van der Waals surface area (Å²) in [5.41, 5.74) is 2.59. The van der Waals surface area contributed by atoms with E-state index in [2.05, 4.69) is 10.2 Å². The zero-order valence-electron chi connectivity index (χ0n) is 14.3. The maximum atomic E-state index is 12.9. The van der Waals surface area contributed by atoms with E-state index in [1.165, 1.54) is 30.3 Å². The molecule has 3 aromatic rings. The van der Waals surface area contributed by atoms with Gasteiger partial charge in [0.1, 0.15) is 17.3 Å². The lowest BCUT2D eigenvalue weighted by atomic mass is 10.1. The number of allylic oxidation sites excluding steroid dienone is 1. The molecule has 132 valence electrons. The molecule has 0 aliphatic carbocycles. The molecule has 0 aliphatic heterocycles. The van der Waals surface area contributed by atoms with Crippen molar-refractivity contribution in [1.82, 2.24) is 10.2 Å². The van der Waals surface area contributed by atoms with Gasteiger partial charge in [0.25, 0.3) is 0 Å². The van der Waals surface area contributed by atoms with E-state index in [4.69, 9.17) is 9.47 Å². The summed E-state index contributed by atoms with van der Waals surface area (Å²) < 4.78 is 23.4. The quantitative estimate of drug-likeness (QED) is 0.535. The first-order chi connectivity index (χ1) is 12.6. The van der Waals surface area contributed by atoms with Gasteiger partial charge in [-0.2, -0.15) is 5.10 Å². The Kier molecular flexibility index (Phi) is 5.12. The molecule has 1 aromatic heterocycles. The van der Waals surface area contributed by atoms with E-state index in [-0.39, 0.29) is 11.6 Å². The van der Waals surface area contributed by atoms with Crippen LogP contribution in [0.2, 0.25) is 0 Å². The predicted molar refractivity (Wildman–Crippen MR) is 96.9 cm³/mol. The summed E-state index contributed by atoms with van der Waals surface area (Å²) in [7, 11) is 3.16. The standard InChI is InChI=1S/C20H17FN2O3/c1-25-17-9-14(10-18(12-17)26-2)19-11-16(22-23-19)7-8-20(24)13-3-5-15(21)6-4-13/h3-12H,1-2H3,(H,22,23)/b8-7+. The van der Waals surface area contributed by atoms with Gasteiger partial charge in [-0.3, -0.25) is 9.89 Å². The van der Waals surface area contributed by atoms with Crippen LogP contribution < -0.4 is 9.47 Å². The molecule has 0 spiro atoms. The van der Waals surface area contributed by atoms with Crippen LogP contribution in [0, 0.1) is 5.82 Å². The molecule has 0 atom stereocenters. The maximum absolute atomic E-state index is 12.9. The number of ether oxygens (including phenoxy) is 2. The molecule has 3 rings (SSSR count). The normalized spacial score (nSPS) is 10.9. The van der Waals surface area contributed by atoms with Gasteiger partial charge in [0.15, 0.2) is 5.78 Å². The number of benzene rings is 2. The fourth-order valence-corrected chi connectivity index (χ4v) is 2.40. The van der Waals surface area contributed by atoms with E-state index in [1.807, 2.05) is 18.2 Å². The first kappa shape index (κ1) is 17.4. The van der Waals surface area contributed by atoms with Gasteiger partial charge in [0.05, 0.1) is 25.6 Å². The molecule has 1 heterocycles. The van der Waals surface area contributed by atoms with Gasteiger partial charge < -0.3 is 9.47 Å². The van der Waals surface area contributed by atoms with Gasteiger partial charge in [-0.05, 0) is 54.6 Å². The Morgan fingerprint density at radius 2 is 1.69 bits per heavy atom.